The highest BCUT2D eigenvalue weighted by atomic mass is 32.2. The first-order chi connectivity index (χ1) is 14.1. The van der Waals surface area contributed by atoms with Gasteiger partial charge in [-0.3, -0.25) is 15.6 Å². The van der Waals surface area contributed by atoms with Crippen molar-refractivity contribution >= 4 is 21.9 Å². The molecule has 0 radical (unpaired) electrons. The lowest BCUT2D eigenvalue weighted by Crippen LogP contribution is -2.44. The van der Waals surface area contributed by atoms with Crippen LogP contribution in [-0.4, -0.2) is 41.7 Å². The Morgan fingerprint density at radius 2 is 1.50 bits per heavy atom. The van der Waals surface area contributed by atoms with Gasteiger partial charge in [0.25, 0.3) is 0 Å². The number of piperidine rings is 1. The molecule has 3 rings (SSSR count). The standard InChI is InChI=1S/C21H29N5O3S/c1-13-10-14(2)19(15(3)11-13)30(28,29)26-8-6-18(7-9-26)20(27)24-25-21-22-16(4)12-17(5)23-21/h10-12,18H,6-9H2,1-5H3,(H,24,27)(H,22,23,25). The van der Waals surface area contributed by atoms with E-state index in [2.05, 4.69) is 20.8 Å². The van der Waals surface area contributed by atoms with E-state index in [4.69, 9.17) is 0 Å². The van der Waals surface area contributed by atoms with Gasteiger partial charge < -0.3 is 0 Å². The third-order valence-electron chi connectivity index (χ3n) is 5.31. The van der Waals surface area contributed by atoms with Gasteiger partial charge in [0.2, 0.25) is 21.9 Å². The van der Waals surface area contributed by atoms with Crippen LogP contribution in [0.25, 0.3) is 0 Å². The number of anilines is 1. The predicted molar refractivity (Wildman–Crippen MR) is 115 cm³/mol. The fourth-order valence-electron chi connectivity index (χ4n) is 4.06. The van der Waals surface area contributed by atoms with Gasteiger partial charge in [-0.25, -0.2) is 18.4 Å². The number of benzene rings is 1. The van der Waals surface area contributed by atoms with E-state index >= 15 is 0 Å². The van der Waals surface area contributed by atoms with Gasteiger partial charge in [-0.15, -0.1) is 0 Å². The van der Waals surface area contributed by atoms with Crippen LogP contribution in [0.4, 0.5) is 5.95 Å². The molecule has 0 aliphatic carbocycles. The van der Waals surface area contributed by atoms with Crippen LogP contribution in [0.1, 0.15) is 40.9 Å². The van der Waals surface area contributed by atoms with Crippen LogP contribution >= 0.6 is 0 Å². The van der Waals surface area contributed by atoms with Crippen molar-refractivity contribution in [1.29, 1.82) is 0 Å². The van der Waals surface area contributed by atoms with Gasteiger partial charge in [-0.05, 0) is 64.7 Å². The van der Waals surface area contributed by atoms with Crippen LogP contribution < -0.4 is 10.9 Å². The molecule has 1 amide bonds. The average molecular weight is 432 g/mol. The quantitative estimate of drug-likeness (QED) is 0.705. The molecule has 1 aromatic heterocycles. The third kappa shape index (κ3) is 4.79. The molecule has 1 fully saturated rings. The molecule has 2 aromatic rings. The van der Waals surface area contributed by atoms with Crippen LogP contribution in [0.3, 0.4) is 0 Å². The van der Waals surface area contributed by atoms with Crippen molar-refractivity contribution in [1.82, 2.24) is 19.7 Å². The van der Waals surface area contributed by atoms with Gasteiger partial charge in [0.1, 0.15) is 0 Å². The lowest BCUT2D eigenvalue weighted by atomic mass is 9.98. The van der Waals surface area contributed by atoms with Crippen LogP contribution in [-0.2, 0) is 14.8 Å². The number of hydrogen-bond donors (Lipinski definition) is 2. The Balaban J connectivity index is 1.62. The van der Waals surface area contributed by atoms with Crippen LogP contribution in [0, 0.1) is 40.5 Å². The summed E-state index contributed by atoms with van der Waals surface area (Å²) in [7, 11) is -3.59. The maximum absolute atomic E-state index is 13.2. The number of carbonyl (C=O) groups excluding carboxylic acids is 1. The van der Waals surface area contributed by atoms with E-state index in [9.17, 15) is 13.2 Å². The Hall–Kier alpha value is -2.52. The van der Waals surface area contributed by atoms with E-state index in [0.717, 1.165) is 28.1 Å². The number of aromatic nitrogens is 2. The summed E-state index contributed by atoms with van der Waals surface area (Å²) in [5.41, 5.74) is 9.57. The Labute approximate surface area is 178 Å². The van der Waals surface area contributed by atoms with Gasteiger partial charge in [-0.2, -0.15) is 4.31 Å². The molecule has 1 aliphatic rings. The van der Waals surface area contributed by atoms with Crippen LogP contribution in [0.2, 0.25) is 0 Å². The second-order valence-electron chi connectivity index (χ2n) is 7.99. The van der Waals surface area contributed by atoms with Gasteiger partial charge >= 0.3 is 0 Å². The van der Waals surface area contributed by atoms with Crippen molar-refractivity contribution < 1.29 is 13.2 Å². The lowest BCUT2D eigenvalue weighted by Gasteiger charge is -2.31. The van der Waals surface area contributed by atoms with Crippen LogP contribution in [0.5, 0.6) is 0 Å². The SMILES string of the molecule is Cc1cc(C)c(S(=O)(=O)N2CCC(C(=O)NNc3nc(C)cc(C)n3)CC2)c(C)c1. The highest BCUT2D eigenvalue weighted by Gasteiger charge is 2.33. The Kier molecular flexibility index (Phi) is 6.42. The topological polar surface area (TPSA) is 104 Å². The van der Waals surface area contributed by atoms with Crippen molar-refractivity contribution in [3.05, 3.63) is 46.3 Å². The Morgan fingerprint density at radius 3 is 2.03 bits per heavy atom. The number of carbonyl (C=O) groups is 1. The molecule has 0 atom stereocenters. The summed E-state index contributed by atoms with van der Waals surface area (Å²) in [5.74, 6) is -0.112. The van der Waals surface area contributed by atoms with E-state index < -0.39 is 10.0 Å². The zero-order chi connectivity index (χ0) is 22.1. The second-order valence-corrected chi connectivity index (χ2v) is 9.87. The normalized spacial score (nSPS) is 15.8. The molecule has 8 nitrogen and oxygen atoms in total. The van der Waals surface area contributed by atoms with Gasteiger partial charge in [0.05, 0.1) is 4.90 Å². The summed E-state index contributed by atoms with van der Waals surface area (Å²) >= 11 is 0. The molecule has 0 spiro atoms. The minimum atomic E-state index is -3.59. The summed E-state index contributed by atoms with van der Waals surface area (Å²) in [6.07, 6.45) is 0.925. The molecule has 0 unspecified atom stereocenters. The number of aryl methyl sites for hydroxylation is 5. The average Bonchev–Trinajstić information content (AvgIpc) is 2.64. The summed E-state index contributed by atoms with van der Waals surface area (Å²) < 4.78 is 27.9. The van der Waals surface area contributed by atoms with Crippen molar-refractivity contribution in [2.24, 2.45) is 5.92 Å². The number of amides is 1. The molecule has 1 saturated heterocycles. The van der Waals surface area contributed by atoms with Crippen LogP contribution in [0.15, 0.2) is 23.1 Å². The molecule has 0 bridgehead atoms. The predicted octanol–water partition coefficient (Wildman–Crippen LogP) is 2.56. The van der Waals surface area contributed by atoms with Gasteiger partial charge in [0, 0.05) is 30.4 Å². The molecule has 2 heterocycles. The molecular formula is C21H29N5O3S. The van der Waals surface area contributed by atoms with E-state index in [1.807, 2.05) is 52.8 Å². The number of sulfonamides is 1. The highest BCUT2D eigenvalue weighted by molar-refractivity contribution is 7.89. The van der Waals surface area contributed by atoms with Crippen molar-refractivity contribution in [2.45, 2.75) is 52.4 Å². The fourth-order valence-corrected chi connectivity index (χ4v) is 5.94. The minimum Gasteiger partial charge on any atom is -0.273 e. The first-order valence-electron chi connectivity index (χ1n) is 10.0. The molecule has 9 heteroatoms. The summed E-state index contributed by atoms with van der Waals surface area (Å²) in [6.45, 7) is 9.95. The largest absolute Gasteiger partial charge is 0.273 e. The van der Waals surface area contributed by atoms with E-state index in [1.165, 1.54) is 4.31 Å². The number of rotatable bonds is 5. The number of nitrogens with zero attached hydrogens (tertiary/aromatic N) is 3. The van der Waals surface area contributed by atoms with Crippen molar-refractivity contribution in [3.63, 3.8) is 0 Å². The zero-order valence-electron chi connectivity index (χ0n) is 18.1. The Bertz CT molecular complexity index is 1020. The van der Waals surface area contributed by atoms with Gasteiger partial charge in [0.15, 0.2) is 0 Å². The zero-order valence-corrected chi connectivity index (χ0v) is 18.9. The summed E-state index contributed by atoms with van der Waals surface area (Å²) in [5, 5.41) is 0. The molecule has 2 N–H and O–H groups in total. The van der Waals surface area contributed by atoms with Gasteiger partial charge in [-0.1, -0.05) is 17.7 Å². The van der Waals surface area contributed by atoms with E-state index in [-0.39, 0.29) is 11.8 Å². The molecular weight excluding hydrogens is 402 g/mol. The van der Waals surface area contributed by atoms with Crippen molar-refractivity contribution in [3.8, 4) is 0 Å². The molecule has 0 saturated carbocycles. The monoisotopic (exact) mass is 431 g/mol. The summed E-state index contributed by atoms with van der Waals surface area (Å²) in [4.78, 5) is 21.3. The van der Waals surface area contributed by atoms with E-state index in [0.29, 0.717) is 36.8 Å². The summed E-state index contributed by atoms with van der Waals surface area (Å²) in [6, 6.07) is 5.63. The molecule has 162 valence electrons. The maximum Gasteiger partial charge on any atom is 0.243 e. The number of nitrogens with one attached hydrogen (secondary N) is 2. The highest BCUT2D eigenvalue weighted by Crippen LogP contribution is 2.28. The minimum absolute atomic E-state index is 0.183. The first-order valence-corrected chi connectivity index (χ1v) is 11.5. The maximum atomic E-state index is 13.2. The Morgan fingerprint density at radius 1 is 0.967 bits per heavy atom. The molecule has 1 aromatic carbocycles. The first kappa shape index (κ1) is 22.2. The third-order valence-corrected chi connectivity index (χ3v) is 7.51. The lowest BCUT2D eigenvalue weighted by molar-refractivity contribution is -0.125. The number of hydrazine groups is 1. The fraction of sp³-hybridized carbons (Fsp3) is 0.476. The molecule has 1 aliphatic heterocycles. The smallest absolute Gasteiger partial charge is 0.243 e. The molecule has 30 heavy (non-hydrogen) atoms. The van der Waals surface area contributed by atoms with Crippen molar-refractivity contribution in [2.75, 3.05) is 18.5 Å². The number of hydrogen-bond acceptors (Lipinski definition) is 6. The second kappa shape index (κ2) is 8.69. The van der Waals surface area contributed by atoms with E-state index in [1.54, 1.807) is 0 Å².